The molecule has 0 radical (unpaired) electrons. The number of hydrogen-bond donors (Lipinski definition) is 2. The van der Waals surface area contributed by atoms with E-state index in [1.54, 1.807) is 7.11 Å². The Hall–Kier alpha value is -1.72. The SMILES string of the molecule is CCCCOc1c(Br)cc(CNNc2ccccc2)cc1OC. The maximum absolute atomic E-state index is 5.82. The van der Waals surface area contributed by atoms with Crippen molar-refractivity contribution in [2.75, 3.05) is 19.1 Å². The van der Waals surface area contributed by atoms with Gasteiger partial charge in [0.1, 0.15) is 0 Å². The number of hydrazine groups is 1. The summed E-state index contributed by atoms with van der Waals surface area (Å²) in [5.41, 5.74) is 8.49. The first kappa shape index (κ1) is 17.6. The number of anilines is 1. The Kier molecular flexibility index (Phi) is 7.23. The zero-order valence-corrected chi connectivity index (χ0v) is 15.2. The first-order chi connectivity index (χ1) is 11.2. The van der Waals surface area contributed by atoms with Crippen LogP contribution in [0.5, 0.6) is 11.5 Å². The Morgan fingerprint density at radius 3 is 2.61 bits per heavy atom. The molecular weight excluding hydrogens is 356 g/mol. The molecule has 0 aliphatic heterocycles. The van der Waals surface area contributed by atoms with Crippen molar-refractivity contribution in [1.29, 1.82) is 0 Å². The predicted octanol–water partition coefficient (Wildman–Crippen LogP) is 4.75. The number of nitrogens with one attached hydrogen (secondary N) is 2. The number of para-hydroxylation sites is 1. The monoisotopic (exact) mass is 378 g/mol. The number of unbranched alkanes of at least 4 members (excludes halogenated alkanes) is 1. The fourth-order valence-corrected chi connectivity index (χ4v) is 2.71. The maximum Gasteiger partial charge on any atom is 0.175 e. The van der Waals surface area contributed by atoms with Crippen LogP contribution < -0.4 is 20.3 Å². The van der Waals surface area contributed by atoms with E-state index in [1.807, 2.05) is 42.5 Å². The quantitative estimate of drug-likeness (QED) is 0.487. The van der Waals surface area contributed by atoms with Crippen LogP contribution in [0, 0.1) is 0 Å². The van der Waals surface area contributed by atoms with Crippen molar-refractivity contribution in [2.24, 2.45) is 0 Å². The van der Waals surface area contributed by atoms with Gasteiger partial charge in [0.2, 0.25) is 0 Å². The lowest BCUT2D eigenvalue weighted by Gasteiger charge is -2.15. The van der Waals surface area contributed by atoms with Crippen LogP contribution in [0.15, 0.2) is 46.9 Å². The van der Waals surface area contributed by atoms with E-state index in [-0.39, 0.29) is 0 Å². The van der Waals surface area contributed by atoms with Gasteiger partial charge in [-0.05, 0) is 52.2 Å². The molecule has 0 amide bonds. The molecule has 4 nitrogen and oxygen atoms in total. The molecular formula is C18H23BrN2O2. The molecule has 0 saturated carbocycles. The van der Waals surface area contributed by atoms with Gasteiger partial charge in [-0.15, -0.1) is 0 Å². The highest BCUT2D eigenvalue weighted by atomic mass is 79.9. The molecule has 0 bridgehead atoms. The number of benzene rings is 2. The molecule has 0 spiro atoms. The van der Waals surface area contributed by atoms with E-state index in [9.17, 15) is 0 Å². The second-order valence-electron chi connectivity index (χ2n) is 5.16. The Morgan fingerprint density at radius 2 is 1.91 bits per heavy atom. The van der Waals surface area contributed by atoms with Crippen LogP contribution in [0.1, 0.15) is 25.3 Å². The normalized spacial score (nSPS) is 10.4. The summed E-state index contributed by atoms with van der Waals surface area (Å²) in [4.78, 5) is 0. The van der Waals surface area contributed by atoms with E-state index < -0.39 is 0 Å². The standard InChI is InChI=1S/C18H23BrN2O2/c1-3-4-10-23-18-16(19)11-14(12-17(18)22-2)13-20-21-15-8-6-5-7-9-15/h5-9,11-12,20-21H,3-4,10,13H2,1-2H3. The van der Waals surface area contributed by atoms with Gasteiger partial charge in [0, 0.05) is 12.2 Å². The average molecular weight is 379 g/mol. The van der Waals surface area contributed by atoms with Gasteiger partial charge >= 0.3 is 0 Å². The molecule has 0 fully saturated rings. The fraction of sp³-hybridized carbons (Fsp3) is 0.333. The van der Waals surface area contributed by atoms with Gasteiger partial charge in [0.05, 0.1) is 18.2 Å². The minimum Gasteiger partial charge on any atom is -0.493 e. The van der Waals surface area contributed by atoms with E-state index in [0.29, 0.717) is 13.2 Å². The van der Waals surface area contributed by atoms with Crippen LogP contribution in [0.4, 0.5) is 5.69 Å². The van der Waals surface area contributed by atoms with Crippen molar-refractivity contribution >= 4 is 21.6 Å². The molecule has 0 aliphatic rings. The van der Waals surface area contributed by atoms with Crippen molar-refractivity contribution in [1.82, 2.24) is 5.43 Å². The van der Waals surface area contributed by atoms with Crippen LogP contribution in [0.2, 0.25) is 0 Å². The first-order valence-corrected chi connectivity index (χ1v) is 8.57. The summed E-state index contributed by atoms with van der Waals surface area (Å²) in [6.45, 7) is 3.50. The van der Waals surface area contributed by atoms with E-state index in [0.717, 1.165) is 40.1 Å². The molecule has 124 valence electrons. The largest absolute Gasteiger partial charge is 0.493 e. The first-order valence-electron chi connectivity index (χ1n) is 7.77. The predicted molar refractivity (Wildman–Crippen MR) is 98.0 cm³/mol. The third-order valence-corrected chi connectivity index (χ3v) is 3.92. The molecule has 0 saturated heterocycles. The molecule has 2 aromatic rings. The molecule has 2 N–H and O–H groups in total. The van der Waals surface area contributed by atoms with Crippen molar-refractivity contribution in [3.63, 3.8) is 0 Å². The van der Waals surface area contributed by atoms with Crippen LogP contribution in [0.3, 0.4) is 0 Å². The Labute approximate surface area is 146 Å². The minimum absolute atomic E-state index is 0.666. The highest BCUT2D eigenvalue weighted by Gasteiger charge is 2.11. The zero-order chi connectivity index (χ0) is 16.5. The molecule has 0 aliphatic carbocycles. The number of methoxy groups -OCH3 is 1. The lowest BCUT2D eigenvalue weighted by molar-refractivity contribution is 0.286. The summed E-state index contributed by atoms with van der Waals surface area (Å²) in [6, 6.07) is 14.0. The van der Waals surface area contributed by atoms with Gasteiger partial charge < -0.3 is 14.9 Å². The summed E-state index contributed by atoms with van der Waals surface area (Å²) >= 11 is 3.57. The highest BCUT2D eigenvalue weighted by Crippen LogP contribution is 2.36. The van der Waals surface area contributed by atoms with Crippen LogP contribution in [-0.2, 0) is 6.54 Å². The van der Waals surface area contributed by atoms with Gasteiger partial charge in [-0.2, -0.15) is 0 Å². The van der Waals surface area contributed by atoms with Crippen molar-refractivity contribution in [2.45, 2.75) is 26.3 Å². The molecule has 0 aromatic heterocycles. The zero-order valence-electron chi connectivity index (χ0n) is 13.6. The number of hydrogen-bond acceptors (Lipinski definition) is 4. The van der Waals surface area contributed by atoms with Crippen LogP contribution >= 0.6 is 15.9 Å². The molecule has 23 heavy (non-hydrogen) atoms. The van der Waals surface area contributed by atoms with E-state index >= 15 is 0 Å². The topological polar surface area (TPSA) is 42.5 Å². The van der Waals surface area contributed by atoms with Crippen molar-refractivity contribution in [3.05, 3.63) is 52.5 Å². The summed E-state index contributed by atoms with van der Waals surface area (Å²) in [5.74, 6) is 1.51. The third kappa shape index (κ3) is 5.44. The summed E-state index contributed by atoms with van der Waals surface area (Å²) in [7, 11) is 1.66. The molecule has 0 heterocycles. The third-order valence-electron chi connectivity index (χ3n) is 3.33. The second kappa shape index (κ2) is 9.43. The fourth-order valence-electron chi connectivity index (χ4n) is 2.10. The van der Waals surface area contributed by atoms with E-state index in [1.165, 1.54) is 0 Å². The van der Waals surface area contributed by atoms with Crippen LogP contribution in [0.25, 0.3) is 0 Å². The van der Waals surface area contributed by atoms with Gasteiger partial charge in [-0.25, -0.2) is 5.43 Å². The Morgan fingerprint density at radius 1 is 1.13 bits per heavy atom. The number of ether oxygens (including phenoxy) is 2. The van der Waals surface area contributed by atoms with E-state index in [2.05, 4.69) is 33.7 Å². The molecule has 0 unspecified atom stereocenters. The Balaban J connectivity index is 1.98. The summed E-state index contributed by atoms with van der Waals surface area (Å²) < 4.78 is 12.2. The molecule has 2 aromatic carbocycles. The van der Waals surface area contributed by atoms with E-state index in [4.69, 9.17) is 9.47 Å². The molecule has 5 heteroatoms. The van der Waals surface area contributed by atoms with Crippen LogP contribution in [-0.4, -0.2) is 13.7 Å². The summed E-state index contributed by atoms with van der Waals surface area (Å²) in [6.07, 6.45) is 2.13. The van der Waals surface area contributed by atoms with Gasteiger partial charge in [0.15, 0.2) is 11.5 Å². The molecule has 2 rings (SSSR count). The lowest BCUT2D eigenvalue weighted by atomic mass is 10.2. The number of halogens is 1. The highest BCUT2D eigenvalue weighted by molar-refractivity contribution is 9.10. The van der Waals surface area contributed by atoms with Crippen molar-refractivity contribution < 1.29 is 9.47 Å². The summed E-state index contributed by atoms with van der Waals surface area (Å²) in [5, 5.41) is 0. The average Bonchev–Trinajstić information content (AvgIpc) is 2.57. The number of rotatable bonds is 9. The van der Waals surface area contributed by atoms with Gasteiger partial charge in [0.25, 0.3) is 0 Å². The van der Waals surface area contributed by atoms with Gasteiger partial charge in [-0.1, -0.05) is 31.5 Å². The smallest absolute Gasteiger partial charge is 0.175 e. The maximum atomic E-state index is 5.82. The van der Waals surface area contributed by atoms with Gasteiger partial charge in [-0.3, -0.25) is 0 Å². The Bertz CT molecular complexity index is 605. The minimum atomic E-state index is 0.666. The van der Waals surface area contributed by atoms with Crippen molar-refractivity contribution in [3.8, 4) is 11.5 Å². The molecule has 0 atom stereocenters. The lowest BCUT2D eigenvalue weighted by Crippen LogP contribution is -2.20. The second-order valence-corrected chi connectivity index (χ2v) is 6.01.